The predicted octanol–water partition coefficient (Wildman–Crippen LogP) is 2.90. The molecule has 0 aliphatic carbocycles. The Hall–Kier alpha value is -2.40. The van der Waals surface area contributed by atoms with E-state index in [1.54, 1.807) is 24.5 Å². The summed E-state index contributed by atoms with van der Waals surface area (Å²) in [7, 11) is 1.95. The highest BCUT2D eigenvalue weighted by Crippen LogP contribution is 2.22. The van der Waals surface area contributed by atoms with Gasteiger partial charge in [-0.05, 0) is 35.9 Å². The van der Waals surface area contributed by atoms with Crippen LogP contribution < -0.4 is 10.6 Å². The van der Waals surface area contributed by atoms with Crippen molar-refractivity contribution in [3.05, 3.63) is 53.3 Å². The fraction of sp³-hybridized carbons (Fsp3) is 0.133. The summed E-state index contributed by atoms with van der Waals surface area (Å²) in [6, 6.07) is 9.29. The van der Waals surface area contributed by atoms with Gasteiger partial charge in [-0.15, -0.1) is 0 Å². The van der Waals surface area contributed by atoms with Crippen LogP contribution in [0.3, 0.4) is 0 Å². The fourth-order valence-electron chi connectivity index (χ4n) is 2.11. The van der Waals surface area contributed by atoms with E-state index in [4.69, 9.17) is 17.3 Å². The molecule has 0 fully saturated rings. The Kier molecular flexibility index (Phi) is 3.58. The van der Waals surface area contributed by atoms with Crippen molar-refractivity contribution in [2.45, 2.75) is 6.54 Å². The minimum Gasteiger partial charge on any atom is -0.399 e. The van der Waals surface area contributed by atoms with Gasteiger partial charge in [-0.25, -0.2) is 9.97 Å². The third kappa shape index (κ3) is 2.87. The molecule has 3 rings (SSSR count). The van der Waals surface area contributed by atoms with Crippen LogP contribution in [0.4, 0.5) is 11.5 Å². The van der Waals surface area contributed by atoms with Crippen molar-refractivity contribution in [2.75, 3.05) is 17.7 Å². The van der Waals surface area contributed by atoms with Crippen molar-refractivity contribution in [1.82, 2.24) is 15.0 Å². The standard InChI is InChI=1S/C15H14ClN5/c1-21(9-10-8-11(17)2-3-12(10)16)14-5-4-13-15(20-14)19-7-6-18-13/h2-8H,9,17H2,1H3. The van der Waals surface area contributed by atoms with Crippen LogP contribution in [0.15, 0.2) is 42.7 Å². The molecule has 0 atom stereocenters. The number of nitrogen functional groups attached to an aromatic ring is 1. The van der Waals surface area contributed by atoms with E-state index in [0.717, 1.165) is 16.9 Å². The quantitative estimate of drug-likeness (QED) is 0.753. The van der Waals surface area contributed by atoms with Gasteiger partial charge in [0.15, 0.2) is 5.65 Å². The summed E-state index contributed by atoms with van der Waals surface area (Å²) in [5.74, 6) is 0.807. The Morgan fingerprint density at radius 2 is 1.95 bits per heavy atom. The van der Waals surface area contributed by atoms with Crippen molar-refractivity contribution < 1.29 is 0 Å². The first-order valence-corrected chi connectivity index (χ1v) is 6.84. The largest absolute Gasteiger partial charge is 0.399 e. The number of halogens is 1. The minimum absolute atomic E-state index is 0.614. The molecule has 106 valence electrons. The van der Waals surface area contributed by atoms with Crippen LogP contribution in [0.25, 0.3) is 11.2 Å². The lowest BCUT2D eigenvalue weighted by atomic mass is 10.2. The van der Waals surface area contributed by atoms with E-state index < -0.39 is 0 Å². The second kappa shape index (κ2) is 5.54. The van der Waals surface area contributed by atoms with Crippen LogP contribution in [0.2, 0.25) is 5.02 Å². The molecule has 0 aliphatic rings. The van der Waals surface area contributed by atoms with Crippen molar-refractivity contribution in [3.63, 3.8) is 0 Å². The van der Waals surface area contributed by atoms with Gasteiger partial charge in [0, 0.05) is 36.7 Å². The lowest BCUT2D eigenvalue weighted by Gasteiger charge is -2.19. The number of fused-ring (bicyclic) bond motifs is 1. The van der Waals surface area contributed by atoms with E-state index in [1.165, 1.54) is 0 Å². The zero-order chi connectivity index (χ0) is 14.8. The maximum atomic E-state index is 6.20. The zero-order valence-corrected chi connectivity index (χ0v) is 12.2. The summed E-state index contributed by atoms with van der Waals surface area (Å²) in [4.78, 5) is 14.9. The average molecular weight is 300 g/mol. The molecule has 0 saturated carbocycles. The van der Waals surface area contributed by atoms with Crippen molar-refractivity contribution in [1.29, 1.82) is 0 Å². The fourth-order valence-corrected chi connectivity index (χ4v) is 2.29. The molecule has 6 heteroatoms. The molecule has 21 heavy (non-hydrogen) atoms. The second-order valence-corrected chi connectivity index (χ2v) is 5.18. The molecule has 0 bridgehead atoms. The summed E-state index contributed by atoms with van der Waals surface area (Å²) in [6.45, 7) is 0.614. The van der Waals surface area contributed by atoms with Crippen LogP contribution in [0.5, 0.6) is 0 Å². The number of benzene rings is 1. The van der Waals surface area contributed by atoms with Crippen molar-refractivity contribution in [2.24, 2.45) is 0 Å². The molecule has 0 radical (unpaired) electrons. The van der Waals surface area contributed by atoms with Gasteiger partial charge < -0.3 is 10.6 Å². The number of rotatable bonds is 3. The predicted molar refractivity (Wildman–Crippen MR) is 85.3 cm³/mol. The number of nitrogens with zero attached hydrogens (tertiary/aromatic N) is 4. The van der Waals surface area contributed by atoms with E-state index >= 15 is 0 Å². The molecule has 0 unspecified atom stereocenters. The van der Waals surface area contributed by atoms with Gasteiger partial charge in [0.1, 0.15) is 11.3 Å². The van der Waals surface area contributed by atoms with E-state index in [9.17, 15) is 0 Å². The lowest BCUT2D eigenvalue weighted by molar-refractivity contribution is 0.901. The zero-order valence-electron chi connectivity index (χ0n) is 11.5. The summed E-state index contributed by atoms with van der Waals surface area (Å²) in [5, 5.41) is 0.691. The van der Waals surface area contributed by atoms with Gasteiger partial charge in [-0.3, -0.25) is 4.98 Å². The maximum absolute atomic E-state index is 6.20. The van der Waals surface area contributed by atoms with Crippen LogP contribution in [-0.2, 0) is 6.54 Å². The van der Waals surface area contributed by atoms with Crippen LogP contribution in [0.1, 0.15) is 5.56 Å². The minimum atomic E-state index is 0.614. The van der Waals surface area contributed by atoms with E-state index in [-0.39, 0.29) is 0 Å². The van der Waals surface area contributed by atoms with E-state index in [0.29, 0.717) is 22.9 Å². The number of anilines is 2. The molecule has 2 N–H and O–H groups in total. The first-order valence-electron chi connectivity index (χ1n) is 6.46. The first kappa shape index (κ1) is 13.6. The highest BCUT2D eigenvalue weighted by Gasteiger charge is 2.08. The number of hydrogen-bond donors (Lipinski definition) is 1. The Bertz CT molecular complexity index is 790. The Labute approximate surface area is 127 Å². The molecular weight excluding hydrogens is 286 g/mol. The number of aromatic nitrogens is 3. The van der Waals surface area contributed by atoms with Crippen molar-refractivity contribution in [3.8, 4) is 0 Å². The smallest absolute Gasteiger partial charge is 0.180 e. The normalized spacial score (nSPS) is 10.8. The Morgan fingerprint density at radius 3 is 2.81 bits per heavy atom. The van der Waals surface area contributed by atoms with Gasteiger partial charge in [0.25, 0.3) is 0 Å². The van der Waals surface area contributed by atoms with Crippen LogP contribution >= 0.6 is 11.6 Å². The SMILES string of the molecule is CN(Cc1cc(N)ccc1Cl)c1ccc2nccnc2n1. The summed E-state index contributed by atoms with van der Waals surface area (Å²) in [5.41, 5.74) is 8.86. The number of nitrogens with two attached hydrogens (primary N) is 1. The van der Waals surface area contributed by atoms with Crippen LogP contribution in [-0.4, -0.2) is 22.0 Å². The Balaban J connectivity index is 1.89. The van der Waals surface area contributed by atoms with Gasteiger partial charge in [0.05, 0.1) is 0 Å². The summed E-state index contributed by atoms with van der Waals surface area (Å²) < 4.78 is 0. The highest BCUT2D eigenvalue weighted by atomic mass is 35.5. The third-order valence-electron chi connectivity index (χ3n) is 3.19. The maximum Gasteiger partial charge on any atom is 0.180 e. The van der Waals surface area contributed by atoms with Crippen molar-refractivity contribution >= 4 is 34.3 Å². The molecule has 0 spiro atoms. The molecule has 1 aromatic carbocycles. The molecule has 0 aliphatic heterocycles. The number of pyridine rings is 1. The molecule has 0 amide bonds. The first-order chi connectivity index (χ1) is 10.1. The van der Waals surface area contributed by atoms with E-state index in [1.807, 2.05) is 30.1 Å². The average Bonchev–Trinajstić information content (AvgIpc) is 2.50. The van der Waals surface area contributed by atoms with Gasteiger partial charge >= 0.3 is 0 Å². The van der Waals surface area contributed by atoms with E-state index in [2.05, 4.69) is 15.0 Å². The molecule has 2 heterocycles. The third-order valence-corrected chi connectivity index (χ3v) is 3.55. The molecule has 2 aromatic heterocycles. The van der Waals surface area contributed by atoms with Gasteiger partial charge in [-0.1, -0.05) is 11.6 Å². The van der Waals surface area contributed by atoms with Crippen LogP contribution in [0, 0.1) is 0 Å². The lowest BCUT2D eigenvalue weighted by Crippen LogP contribution is -2.18. The summed E-state index contributed by atoms with van der Waals surface area (Å²) >= 11 is 6.20. The summed E-state index contributed by atoms with van der Waals surface area (Å²) in [6.07, 6.45) is 3.29. The molecule has 3 aromatic rings. The topological polar surface area (TPSA) is 67.9 Å². The molecular formula is C15H14ClN5. The van der Waals surface area contributed by atoms with Gasteiger partial charge in [0.2, 0.25) is 0 Å². The Morgan fingerprint density at radius 1 is 1.14 bits per heavy atom. The number of hydrogen-bond acceptors (Lipinski definition) is 5. The monoisotopic (exact) mass is 299 g/mol. The highest BCUT2D eigenvalue weighted by molar-refractivity contribution is 6.31. The molecule has 5 nitrogen and oxygen atoms in total. The second-order valence-electron chi connectivity index (χ2n) is 4.78. The van der Waals surface area contributed by atoms with Gasteiger partial charge in [-0.2, -0.15) is 0 Å². The molecule has 0 saturated heterocycles.